The maximum atomic E-state index is 12.9. The third kappa shape index (κ3) is 8.56. The maximum absolute atomic E-state index is 12.9. The summed E-state index contributed by atoms with van der Waals surface area (Å²) in [5.41, 5.74) is 1.79. The van der Waals surface area contributed by atoms with Crippen LogP contribution in [0.25, 0.3) is 5.82 Å². The standard InChI is InChI=1S/C32H42ClN5O4S/c1-31(2)15-13-23(21-31)7-5-4-6-8-24-9-12-28(34-22-24)43(40,41)37-30(39)25-10-11-26(35-29(25)33)38-19-14-27(36-38)42-20-18-32(3)16-17-32/h9-12,14,19,22-23H,4-8,13,15-18,20-21H2,1-3H3,(H,37,39). The van der Waals surface area contributed by atoms with Gasteiger partial charge in [-0.1, -0.05) is 57.7 Å². The van der Waals surface area contributed by atoms with E-state index in [0.29, 0.717) is 29.1 Å². The molecule has 9 nitrogen and oxygen atoms in total. The summed E-state index contributed by atoms with van der Waals surface area (Å²) < 4.78 is 35.0. The van der Waals surface area contributed by atoms with Crippen LogP contribution in [0.15, 0.2) is 47.8 Å². The molecular formula is C32H42ClN5O4S. The molecule has 2 aliphatic carbocycles. The first-order valence-electron chi connectivity index (χ1n) is 15.3. The minimum Gasteiger partial charge on any atom is -0.477 e. The number of carbonyl (C=O) groups is 1. The summed E-state index contributed by atoms with van der Waals surface area (Å²) >= 11 is 6.28. The van der Waals surface area contributed by atoms with E-state index in [2.05, 4.69) is 35.8 Å². The van der Waals surface area contributed by atoms with E-state index in [4.69, 9.17) is 16.3 Å². The number of hydrogen-bond donors (Lipinski definition) is 1. The zero-order chi connectivity index (χ0) is 30.7. The number of nitrogens with zero attached hydrogens (tertiary/aromatic N) is 4. The smallest absolute Gasteiger partial charge is 0.281 e. The summed E-state index contributed by atoms with van der Waals surface area (Å²) in [5, 5.41) is 3.98. The van der Waals surface area contributed by atoms with Gasteiger partial charge >= 0.3 is 0 Å². The molecule has 3 heterocycles. The number of aromatic nitrogens is 4. The van der Waals surface area contributed by atoms with Gasteiger partial charge in [-0.05, 0) is 91.9 Å². The van der Waals surface area contributed by atoms with Gasteiger partial charge in [-0.2, -0.15) is 8.42 Å². The third-order valence-electron chi connectivity index (χ3n) is 8.89. The van der Waals surface area contributed by atoms with Crippen LogP contribution in [0.3, 0.4) is 0 Å². The van der Waals surface area contributed by atoms with Gasteiger partial charge in [0.1, 0.15) is 5.15 Å². The minimum absolute atomic E-state index is 0.0758. The van der Waals surface area contributed by atoms with E-state index in [1.807, 2.05) is 4.72 Å². The highest BCUT2D eigenvalue weighted by Gasteiger charge is 2.36. The highest BCUT2D eigenvalue weighted by atomic mass is 35.5. The van der Waals surface area contributed by atoms with Crippen LogP contribution in [0.4, 0.5) is 0 Å². The Kier molecular flexibility index (Phi) is 9.46. The zero-order valence-corrected chi connectivity index (χ0v) is 26.9. The number of unbranched alkanes of at least 4 members (excludes halogenated alkanes) is 2. The van der Waals surface area contributed by atoms with Crippen molar-refractivity contribution in [1.29, 1.82) is 0 Å². The van der Waals surface area contributed by atoms with Crippen molar-refractivity contribution in [2.75, 3.05) is 6.61 Å². The van der Waals surface area contributed by atoms with Crippen molar-refractivity contribution < 1.29 is 17.9 Å². The van der Waals surface area contributed by atoms with Crippen LogP contribution in [0.1, 0.15) is 101 Å². The van der Waals surface area contributed by atoms with E-state index in [1.165, 1.54) is 67.8 Å². The Labute approximate surface area is 259 Å². The summed E-state index contributed by atoms with van der Waals surface area (Å²) in [4.78, 5) is 21.2. The van der Waals surface area contributed by atoms with Crippen molar-refractivity contribution in [1.82, 2.24) is 24.5 Å². The average molecular weight is 628 g/mol. The van der Waals surface area contributed by atoms with Crippen LogP contribution in [0, 0.1) is 16.7 Å². The Morgan fingerprint density at radius 1 is 1.09 bits per heavy atom. The molecule has 0 radical (unpaired) electrons. The van der Waals surface area contributed by atoms with Crippen LogP contribution in [0.5, 0.6) is 5.88 Å². The van der Waals surface area contributed by atoms with Crippen molar-refractivity contribution in [3.8, 4) is 11.7 Å². The van der Waals surface area contributed by atoms with Gasteiger partial charge in [0.25, 0.3) is 15.9 Å². The molecule has 1 amide bonds. The predicted molar refractivity (Wildman–Crippen MR) is 166 cm³/mol. The highest BCUT2D eigenvalue weighted by Crippen LogP contribution is 2.48. The number of carbonyl (C=O) groups excluding carboxylic acids is 1. The molecule has 0 saturated heterocycles. The summed E-state index contributed by atoms with van der Waals surface area (Å²) in [6, 6.07) is 7.86. The van der Waals surface area contributed by atoms with E-state index in [-0.39, 0.29) is 15.7 Å². The van der Waals surface area contributed by atoms with Gasteiger partial charge < -0.3 is 4.74 Å². The number of pyridine rings is 2. The van der Waals surface area contributed by atoms with Crippen molar-refractivity contribution >= 4 is 27.5 Å². The lowest BCUT2D eigenvalue weighted by Crippen LogP contribution is -2.31. The van der Waals surface area contributed by atoms with E-state index >= 15 is 0 Å². The molecule has 5 rings (SSSR count). The van der Waals surface area contributed by atoms with Gasteiger partial charge in [-0.25, -0.2) is 19.4 Å². The average Bonchev–Trinajstić information content (AvgIpc) is 3.33. The first kappa shape index (κ1) is 31.4. The molecule has 0 aromatic carbocycles. The minimum atomic E-state index is -4.19. The zero-order valence-electron chi connectivity index (χ0n) is 25.3. The normalized spacial score (nSPS) is 18.8. The van der Waals surface area contributed by atoms with Crippen molar-refractivity contribution in [3.63, 3.8) is 0 Å². The number of amides is 1. The Morgan fingerprint density at radius 3 is 2.58 bits per heavy atom. The van der Waals surface area contributed by atoms with Crippen LogP contribution in [-0.4, -0.2) is 40.7 Å². The van der Waals surface area contributed by atoms with Gasteiger partial charge in [0.15, 0.2) is 10.8 Å². The molecule has 2 fully saturated rings. The number of halogens is 1. The van der Waals surface area contributed by atoms with Crippen LogP contribution in [0.2, 0.25) is 5.15 Å². The Balaban J connectivity index is 1.09. The molecule has 3 aromatic heterocycles. The number of hydrogen-bond acceptors (Lipinski definition) is 7. The predicted octanol–water partition coefficient (Wildman–Crippen LogP) is 6.93. The lowest BCUT2D eigenvalue weighted by Gasteiger charge is -2.16. The molecular weight excluding hydrogens is 586 g/mol. The molecule has 0 spiro atoms. The van der Waals surface area contributed by atoms with Gasteiger partial charge in [-0.15, -0.1) is 5.10 Å². The third-order valence-corrected chi connectivity index (χ3v) is 10.4. The summed E-state index contributed by atoms with van der Waals surface area (Å²) in [6.07, 6.45) is 16.2. The number of ether oxygens (including phenoxy) is 1. The summed E-state index contributed by atoms with van der Waals surface area (Å²) in [5.74, 6) is 0.804. The Bertz CT molecular complexity index is 1530. The van der Waals surface area contributed by atoms with Gasteiger partial charge in [0, 0.05) is 18.5 Å². The molecule has 11 heteroatoms. The van der Waals surface area contributed by atoms with Crippen LogP contribution < -0.4 is 9.46 Å². The van der Waals surface area contributed by atoms with Crippen molar-refractivity contribution in [3.05, 3.63) is 59.0 Å². The molecule has 1 unspecified atom stereocenters. The van der Waals surface area contributed by atoms with E-state index in [9.17, 15) is 13.2 Å². The highest BCUT2D eigenvalue weighted by molar-refractivity contribution is 7.90. The molecule has 43 heavy (non-hydrogen) atoms. The molecule has 232 valence electrons. The van der Waals surface area contributed by atoms with Crippen molar-refractivity contribution in [2.45, 2.75) is 96.4 Å². The second-order valence-corrected chi connectivity index (χ2v) is 15.3. The number of rotatable bonds is 14. The first-order chi connectivity index (χ1) is 20.4. The quantitative estimate of drug-likeness (QED) is 0.152. The van der Waals surface area contributed by atoms with E-state index < -0.39 is 15.9 Å². The lowest BCUT2D eigenvalue weighted by molar-refractivity contribution is 0.0981. The number of sulfonamides is 1. The van der Waals surface area contributed by atoms with E-state index in [1.54, 1.807) is 24.5 Å². The molecule has 1 N–H and O–H groups in total. The SMILES string of the molecule is CC1(C)CCC(CCCCCc2ccc(S(=O)(=O)NC(=O)c3ccc(-n4ccc(OCCC5(C)CC5)n4)nc3Cl)nc2)C1. The number of nitrogens with one attached hydrogen (secondary N) is 1. The Morgan fingerprint density at radius 2 is 1.91 bits per heavy atom. The molecule has 2 saturated carbocycles. The monoisotopic (exact) mass is 627 g/mol. The molecule has 0 aliphatic heterocycles. The molecule has 1 atom stereocenters. The summed E-state index contributed by atoms with van der Waals surface area (Å²) in [7, 11) is -4.19. The maximum Gasteiger partial charge on any atom is 0.281 e. The summed E-state index contributed by atoms with van der Waals surface area (Å²) in [6.45, 7) is 7.57. The largest absolute Gasteiger partial charge is 0.477 e. The van der Waals surface area contributed by atoms with Crippen LogP contribution >= 0.6 is 11.6 Å². The fraction of sp³-hybridized carbons (Fsp3) is 0.562. The number of aryl methyl sites for hydroxylation is 1. The van der Waals surface area contributed by atoms with E-state index in [0.717, 1.165) is 37.2 Å². The lowest BCUT2D eigenvalue weighted by atomic mass is 9.89. The van der Waals surface area contributed by atoms with Gasteiger partial charge in [0.2, 0.25) is 5.88 Å². The fourth-order valence-corrected chi connectivity index (χ4v) is 6.94. The first-order valence-corrected chi connectivity index (χ1v) is 17.2. The fourth-order valence-electron chi connectivity index (χ4n) is 5.81. The molecule has 3 aromatic rings. The second kappa shape index (κ2) is 12.9. The van der Waals surface area contributed by atoms with Crippen LogP contribution in [-0.2, 0) is 16.4 Å². The Hall–Kier alpha value is -2.98. The van der Waals surface area contributed by atoms with Crippen molar-refractivity contribution in [2.24, 2.45) is 16.7 Å². The second-order valence-electron chi connectivity index (χ2n) is 13.3. The molecule has 2 aliphatic rings. The molecule has 0 bridgehead atoms. The topological polar surface area (TPSA) is 116 Å². The van der Waals surface area contributed by atoms with Gasteiger partial charge in [-0.3, -0.25) is 4.79 Å². The van der Waals surface area contributed by atoms with Gasteiger partial charge in [0.05, 0.1) is 12.2 Å².